The molecule has 0 aliphatic carbocycles. The molecule has 1 fully saturated rings. The van der Waals surface area contributed by atoms with Crippen LogP contribution in [0.5, 0.6) is 0 Å². The molecule has 1 heterocycles. The van der Waals surface area contributed by atoms with Gasteiger partial charge in [-0.05, 0) is 12.8 Å². The van der Waals surface area contributed by atoms with Crippen LogP contribution in [-0.2, 0) is 19.2 Å². The van der Waals surface area contributed by atoms with E-state index in [1.807, 2.05) is 0 Å². The van der Waals surface area contributed by atoms with Crippen LogP contribution in [0.15, 0.2) is 0 Å². The minimum absolute atomic E-state index is 0.0516. The van der Waals surface area contributed by atoms with Gasteiger partial charge in [-0.1, -0.05) is 6.42 Å². The van der Waals surface area contributed by atoms with Crippen molar-refractivity contribution in [2.75, 3.05) is 0 Å². The van der Waals surface area contributed by atoms with Crippen molar-refractivity contribution in [2.45, 2.75) is 44.6 Å². The molecule has 21 heavy (non-hydrogen) atoms. The number of carbonyl (C=O) groups excluding carboxylic acids is 2. The molecule has 0 aromatic heterocycles. The second-order valence-corrected chi connectivity index (χ2v) is 4.62. The fourth-order valence-corrected chi connectivity index (χ4v) is 1.87. The fraction of sp³-hybridized carbons (Fsp3) is 0.636. The van der Waals surface area contributed by atoms with E-state index in [-0.39, 0.29) is 25.7 Å². The number of nitrogens with two attached hydrogens (primary N) is 1. The lowest BCUT2D eigenvalue weighted by Crippen LogP contribution is -2.61. The summed E-state index contributed by atoms with van der Waals surface area (Å²) in [6, 6.07) is -1.18. The van der Waals surface area contributed by atoms with Gasteiger partial charge in [0.1, 0.15) is 6.04 Å². The van der Waals surface area contributed by atoms with Crippen molar-refractivity contribution in [1.29, 1.82) is 0 Å². The summed E-state index contributed by atoms with van der Waals surface area (Å²) >= 11 is 0. The first kappa shape index (κ1) is 17.0. The average Bonchev–Trinajstić information content (AvgIpc) is 2.69. The van der Waals surface area contributed by atoms with Gasteiger partial charge in [-0.3, -0.25) is 25.0 Å². The molecule has 10 heteroatoms. The molecule has 0 aromatic rings. The second kappa shape index (κ2) is 7.67. The normalized spacial score (nSPS) is 16.6. The summed E-state index contributed by atoms with van der Waals surface area (Å²) in [6.07, 6.45) is 0.775. The molecule has 0 aromatic carbocycles. The first-order chi connectivity index (χ1) is 9.82. The SMILES string of the molecule is NN(NN1C(=O)CCC1=O)C(CCCCC(=O)O)C(=O)O. The molecule has 0 spiro atoms. The predicted molar refractivity (Wildman–Crippen MR) is 67.8 cm³/mol. The van der Waals surface area contributed by atoms with Gasteiger partial charge in [-0.2, -0.15) is 10.1 Å². The summed E-state index contributed by atoms with van der Waals surface area (Å²) in [5, 5.41) is 19.0. The molecule has 0 saturated carbocycles. The Balaban J connectivity index is 2.51. The number of carboxylic acids is 2. The Morgan fingerprint density at radius 3 is 2.29 bits per heavy atom. The highest BCUT2D eigenvalue weighted by molar-refractivity contribution is 6.01. The van der Waals surface area contributed by atoms with Crippen LogP contribution in [0.3, 0.4) is 0 Å². The maximum Gasteiger partial charge on any atom is 0.323 e. The Morgan fingerprint density at radius 2 is 1.81 bits per heavy atom. The third-order valence-corrected chi connectivity index (χ3v) is 3.01. The number of carboxylic acid groups (broad SMARTS) is 2. The molecule has 1 atom stereocenters. The number of imide groups is 1. The highest BCUT2D eigenvalue weighted by atomic mass is 16.4. The van der Waals surface area contributed by atoms with Gasteiger partial charge in [0.25, 0.3) is 0 Å². The van der Waals surface area contributed by atoms with E-state index in [9.17, 15) is 19.2 Å². The molecule has 1 unspecified atom stereocenters. The Hall–Kier alpha value is -2.04. The van der Waals surface area contributed by atoms with Crippen LogP contribution in [0.1, 0.15) is 38.5 Å². The maximum absolute atomic E-state index is 11.4. The molecule has 2 amide bonds. The number of hydrogen-bond acceptors (Lipinski definition) is 7. The minimum Gasteiger partial charge on any atom is -0.481 e. The van der Waals surface area contributed by atoms with Gasteiger partial charge in [0.15, 0.2) is 0 Å². The Bertz CT molecular complexity index is 424. The first-order valence-corrected chi connectivity index (χ1v) is 6.43. The molecular formula is C11H18N4O6. The van der Waals surface area contributed by atoms with E-state index in [1.54, 1.807) is 0 Å². The summed E-state index contributed by atoms with van der Waals surface area (Å²) < 4.78 is 0. The molecule has 0 radical (unpaired) electrons. The van der Waals surface area contributed by atoms with E-state index in [4.69, 9.17) is 16.1 Å². The van der Waals surface area contributed by atoms with Crippen LogP contribution in [0.25, 0.3) is 0 Å². The van der Waals surface area contributed by atoms with Gasteiger partial charge >= 0.3 is 11.9 Å². The Kier molecular flexibility index (Phi) is 6.21. The Morgan fingerprint density at radius 1 is 1.24 bits per heavy atom. The number of aliphatic carboxylic acids is 2. The third-order valence-electron chi connectivity index (χ3n) is 3.01. The molecule has 1 saturated heterocycles. The number of nitrogens with zero attached hydrogens (tertiary/aromatic N) is 2. The molecule has 1 aliphatic heterocycles. The van der Waals surface area contributed by atoms with Crippen molar-refractivity contribution in [2.24, 2.45) is 5.84 Å². The molecule has 0 bridgehead atoms. The number of hydrogen-bond donors (Lipinski definition) is 4. The summed E-state index contributed by atoms with van der Waals surface area (Å²) in [5.41, 5.74) is 2.26. The lowest BCUT2D eigenvalue weighted by atomic mass is 10.1. The Labute approximate surface area is 120 Å². The van der Waals surface area contributed by atoms with Crippen molar-refractivity contribution in [1.82, 2.24) is 15.7 Å². The zero-order valence-corrected chi connectivity index (χ0v) is 11.3. The number of nitrogens with one attached hydrogen (secondary N) is 1. The van der Waals surface area contributed by atoms with Crippen LogP contribution < -0.4 is 11.4 Å². The molecule has 118 valence electrons. The number of carbonyl (C=O) groups is 4. The summed E-state index contributed by atoms with van der Waals surface area (Å²) in [6.45, 7) is 0. The van der Waals surface area contributed by atoms with Crippen molar-refractivity contribution >= 4 is 23.8 Å². The number of amides is 2. The predicted octanol–water partition coefficient (Wildman–Crippen LogP) is -1.17. The molecule has 5 N–H and O–H groups in total. The van der Waals surface area contributed by atoms with E-state index in [0.29, 0.717) is 23.0 Å². The van der Waals surface area contributed by atoms with Crippen LogP contribution in [0, 0.1) is 0 Å². The molecule has 1 aliphatic rings. The summed E-state index contributed by atoms with van der Waals surface area (Å²) in [4.78, 5) is 44.3. The van der Waals surface area contributed by atoms with Crippen LogP contribution in [0.4, 0.5) is 0 Å². The second-order valence-electron chi connectivity index (χ2n) is 4.62. The monoisotopic (exact) mass is 302 g/mol. The smallest absolute Gasteiger partial charge is 0.323 e. The van der Waals surface area contributed by atoms with Gasteiger partial charge in [0.05, 0.1) is 0 Å². The molecule has 10 nitrogen and oxygen atoms in total. The van der Waals surface area contributed by atoms with Crippen molar-refractivity contribution in [3.8, 4) is 0 Å². The summed E-state index contributed by atoms with van der Waals surface area (Å²) in [5.74, 6) is 2.39. The first-order valence-electron chi connectivity index (χ1n) is 6.43. The van der Waals surface area contributed by atoms with E-state index in [2.05, 4.69) is 5.53 Å². The zero-order valence-electron chi connectivity index (χ0n) is 11.3. The standard InChI is InChI=1S/C11H18N4O6/c12-15(13-14-8(16)5-6-9(14)17)7(11(20)21)3-1-2-4-10(18)19/h7,13H,1-6,12H2,(H,18,19)(H,20,21). The molecule has 1 rings (SSSR count). The van der Waals surface area contributed by atoms with Crippen molar-refractivity contribution < 1.29 is 29.4 Å². The largest absolute Gasteiger partial charge is 0.481 e. The zero-order chi connectivity index (χ0) is 16.0. The van der Waals surface area contributed by atoms with Crippen LogP contribution in [0.2, 0.25) is 0 Å². The topological polar surface area (TPSA) is 153 Å². The highest BCUT2D eigenvalue weighted by Crippen LogP contribution is 2.11. The van der Waals surface area contributed by atoms with E-state index in [1.165, 1.54) is 0 Å². The lowest BCUT2D eigenvalue weighted by molar-refractivity contribution is -0.158. The fourth-order valence-electron chi connectivity index (χ4n) is 1.87. The number of rotatable bonds is 9. The highest BCUT2D eigenvalue weighted by Gasteiger charge is 2.33. The van der Waals surface area contributed by atoms with Gasteiger partial charge in [0.2, 0.25) is 11.8 Å². The van der Waals surface area contributed by atoms with Crippen LogP contribution >= 0.6 is 0 Å². The van der Waals surface area contributed by atoms with Crippen molar-refractivity contribution in [3.63, 3.8) is 0 Å². The van der Waals surface area contributed by atoms with E-state index >= 15 is 0 Å². The van der Waals surface area contributed by atoms with Gasteiger partial charge in [0, 0.05) is 19.3 Å². The van der Waals surface area contributed by atoms with E-state index in [0.717, 1.165) is 0 Å². The van der Waals surface area contributed by atoms with Crippen LogP contribution in [-0.4, -0.2) is 50.1 Å². The molecular weight excluding hydrogens is 284 g/mol. The van der Waals surface area contributed by atoms with Gasteiger partial charge in [-0.15, -0.1) is 5.53 Å². The third kappa shape index (κ3) is 5.10. The van der Waals surface area contributed by atoms with Gasteiger partial charge in [-0.25, -0.2) is 0 Å². The van der Waals surface area contributed by atoms with Crippen molar-refractivity contribution in [3.05, 3.63) is 0 Å². The lowest BCUT2D eigenvalue weighted by Gasteiger charge is -2.28. The number of unbranched alkanes of at least 4 members (excludes halogenated alkanes) is 1. The summed E-state index contributed by atoms with van der Waals surface area (Å²) in [7, 11) is 0. The van der Waals surface area contributed by atoms with Gasteiger partial charge < -0.3 is 10.2 Å². The van der Waals surface area contributed by atoms with E-state index < -0.39 is 29.8 Å². The average molecular weight is 302 g/mol. The quantitative estimate of drug-likeness (QED) is 0.178. The minimum atomic E-state index is -1.24. The number of hydrazine groups is 3. The maximum atomic E-state index is 11.4.